The summed E-state index contributed by atoms with van der Waals surface area (Å²) in [6, 6.07) is 13.5. The number of carboxylic acids is 1. The summed E-state index contributed by atoms with van der Waals surface area (Å²) >= 11 is 1.46. The number of thioether (sulfide) groups is 1. The van der Waals surface area contributed by atoms with Gasteiger partial charge in [0.1, 0.15) is 18.1 Å². The van der Waals surface area contributed by atoms with Crippen molar-refractivity contribution < 1.29 is 29.1 Å². The van der Waals surface area contributed by atoms with Gasteiger partial charge in [0.05, 0.1) is 6.04 Å². The van der Waals surface area contributed by atoms with E-state index in [0.717, 1.165) is 11.1 Å². The number of benzene rings is 2. The summed E-state index contributed by atoms with van der Waals surface area (Å²) in [5.74, 6) is -3.20. The average molecular weight is 572 g/mol. The topological polar surface area (TPSA) is 194 Å². The van der Waals surface area contributed by atoms with Crippen molar-refractivity contribution in [3.05, 3.63) is 71.8 Å². The Morgan fingerprint density at radius 1 is 0.750 bits per heavy atom. The molecule has 0 saturated carbocycles. The quantitative estimate of drug-likeness (QED) is 0.157. The normalized spacial score (nSPS) is 13.8. The fraction of sp³-hybridized carbons (Fsp3) is 0.393. The standard InChI is InChI=1S/C28H37N5O6S/c1-40-15-14-21(26(36)33-23(28(38)39)17-19-10-6-3-7-11-19)31-27(37)22(16-18-8-4-2-5-9-18)32-25(35)20(29)12-13-24(30)34/h2-11,20-23H,12-17,29H2,1H3,(H2,30,34)(H,31,37)(H,32,35)(H,33,36)(H,38,39). The molecular formula is C28H37N5O6S. The molecule has 0 saturated heterocycles. The van der Waals surface area contributed by atoms with E-state index in [2.05, 4.69) is 16.0 Å². The van der Waals surface area contributed by atoms with Gasteiger partial charge in [-0.2, -0.15) is 11.8 Å². The van der Waals surface area contributed by atoms with Crippen molar-refractivity contribution in [2.24, 2.45) is 11.5 Å². The molecule has 0 spiro atoms. The first kappa shape index (κ1) is 32.3. The Bertz CT molecular complexity index is 1130. The highest BCUT2D eigenvalue weighted by molar-refractivity contribution is 7.98. The van der Waals surface area contributed by atoms with Crippen LogP contribution in [0.4, 0.5) is 0 Å². The minimum absolute atomic E-state index is 0.0115. The first-order valence-electron chi connectivity index (χ1n) is 12.8. The molecule has 2 aromatic rings. The van der Waals surface area contributed by atoms with Crippen molar-refractivity contribution in [2.75, 3.05) is 12.0 Å². The summed E-state index contributed by atoms with van der Waals surface area (Å²) in [5.41, 5.74) is 12.5. The van der Waals surface area contributed by atoms with Crippen molar-refractivity contribution in [3.63, 3.8) is 0 Å². The van der Waals surface area contributed by atoms with Crippen LogP contribution < -0.4 is 27.4 Å². The largest absolute Gasteiger partial charge is 0.480 e. The molecule has 216 valence electrons. The summed E-state index contributed by atoms with van der Waals surface area (Å²) in [4.78, 5) is 62.3. The fourth-order valence-corrected chi connectivity index (χ4v) is 4.34. The Hall–Kier alpha value is -3.90. The molecule has 0 aromatic heterocycles. The summed E-state index contributed by atoms with van der Waals surface area (Å²) < 4.78 is 0. The van der Waals surface area contributed by atoms with E-state index in [-0.39, 0.29) is 32.1 Å². The summed E-state index contributed by atoms with van der Waals surface area (Å²) in [6.07, 6.45) is 2.19. The van der Waals surface area contributed by atoms with E-state index in [0.29, 0.717) is 5.75 Å². The van der Waals surface area contributed by atoms with Gasteiger partial charge in [0, 0.05) is 19.3 Å². The molecule has 4 atom stereocenters. The zero-order chi connectivity index (χ0) is 29.5. The maximum atomic E-state index is 13.4. The number of hydrogen-bond donors (Lipinski definition) is 6. The van der Waals surface area contributed by atoms with Crippen LogP contribution in [0.3, 0.4) is 0 Å². The van der Waals surface area contributed by atoms with Crippen molar-refractivity contribution in [3.8, 4) is 0 Å². The molecule has 0 heterocycles. The number of aliphatic carboxylic acids is 1. The average Bonchev–Trinajstić information content (AvgIpc) is 2.93. The van der Waals surface area contributed by atoms with Crippen LogP contribution in [0.2, 0.25) is 0 Å². The van der Waals surface area contributed by atoms with E-state index in [1.165, 1.54) is 11.8 Å². The first-order valence-corrected chi connectivity index (χ1v) is 14.2. The molecule has 4 amide bonds. The molecule has 12 heteroatoms. The number of rotatable bonds is 17. The number of nitrogens with one attached hydrogen (secondary N) is 3. The number of hydrogen-bond acceptors (Lipinski definition) is 7. The van der Waals surface area contributed by atoms with Gasteiger partial charge in [0.2, 0.25) is 23.6 Å². The lowest BCUT2D eigenvalue weighted by Gasteiger charge is -2.25. The molecule has 2 aromatic carbocycles. The maximum Gasteiger partial charge on any atom is 0.326 e. The van der Waals surface area contributed by atoms with Gasteiger partial charge in [-0.3, -0.25) is 19.2 Å². The van der Waals surface area contributed by atoms with E-state index in [1.807, 2.05) is 12.3 Å². The van der Waals surface area contributed by atoms with E-state index in [1.54, 1.807) is 54.6 Å². The van der Waals surface area contributed by atoms with Gasteiger partial charge < -0.3 is 32.5 Å². The van der Waals surface area contributed by atoms with Crippen LogP contribution in [-0.4, -0.2) is 70.9 Å². The lowest BCUT2D eigenvalue weighted by atomic mass is 10.0. The minimum atomic E-state index is -1.20. The van der Waals surface area contributed by atoms with E-state index in [9.17, 15) is 29.1 Å². The molecule has 0 fully saturated rings. The molecule has 0 aliphatic rings. The van der Waals surface area contributed by atoms with Crippen LogP contribution in [0.5, 0.6) is 0 Å². The van der Waals surface area contributed by atoms with Gasteiger partial charge in [-0.05, 0) is 36.0 Å². The van der Waals surface area contributed by atoms with Crippen LogP contribution in [0.1, 0.15) is 30.4 Å². The predicted molar refractivity (Wildman–Crippen MR) is 153 cm³/mol. The second kappa shape index (κ2) is 16.9. The first-order chi connectivity index (χ1) is 19.1. The molecule has 0 aliphatic carbocycles. The summed E-state index contributed by atoms with van der Waals surface area (Å²) in [5, 5.41) is 17.6. The number of primary amides is 1. The van der Waals surface area contributed by atoms with Gasteiger partial charge in [-0.25, -0.2) is 4.79 Å². The predicted octanol–water partition coefficient (Wildman–Crippen LogP) is 0.357. The Labute approximate surface area is 237 Å². The highest BCUT2D eigenvalue weighted by atomic mass is 32.2. The van der Waals surface area contributed by atoms with E-state index >= 15 is 0 Å². The van der Waals surface area contributed by atoms with Crippen molar-refractivity contribution in [1.29, 1.82) is 0 Å². The van der Waals surface area contributed by atoms with E-state index < -0.39 is 53.8 Å². The van der Waals surface area contributed by atoms with E-state index in [4.69, 9.17) is 11.5 Å². The molecule has 40 heavy (non-hydrogen) atoms. The van der Waals surface area contributed by atoms with Crippen LogP contribution in [0, 0.1) is 0 Å². The minimum Gasteiger partial charge on any atom is -0.480 e. The molecular weight excluding hydrogens is 534 g/mol. The second-order valence-electron chi connectivity index (χ2n) is 9.29. The third-order valence-corrected chi connectivity index (χ3v) is 6.74. The summed E-state index contributed by atoms with van der Waals surface area (Å²) in [6.45, 7) is 0. The number of carbonyl (C=O) groups excluding carboxylic acids is 4. The molecule has 11 nitrogen and oxygen atoms in total. The molecule has 0 aliphatic heterocycles. The monoisotopic (exact) mass is 571 g/mol. The zero-order valence-corrected chi connectivity index (χ0v) is 23.2. The van der Waals surface area contributed by atoms with Gasteiger partial charge in [0.25, 0.3) is 0 Å². The van der Waals surface area contributed by atoms with Gasteiger partial charge in [-0.15, -0.1) is 0 Å². The number of carbonyl (C=O) groups is 5. The third-order valence-electron chi connectivity index (χ3n) is 6.10. The maximum absolute atomic E-state index is 13.4. The Morgan fingerprint density at radius 3 is 1.73 bits per heavy atom. The van der Waals surface area contributed by atoms with Crippen molar-refractivity contribution >= 4 is 41.4 Å². The molecule has 0 bridgehead atoms. The van der Waals surface area contributed by atoms with Crippen LogP contribution in [-0.2, 0) is 36.8 Å². The third kappa shape index (κ3) is 11.5. The number of carboxylic acid groups (broad SMARTS) is 1. The molecule has 2 rings (SSSR count). The van der Waals surface area contributed by atoms with Gasteiger partial charge in [0.15, 0.2) is 0 Å². The summed E-state index contributed by atoms with van der Waals surface area (Å²) in [7, 11) is 0. The van der Waals surface area contributed by atoms with Crippen LogP contribution >= 0.6 is 11.8 Å². The SMILES string of the molecule is CSCCC(NC(=O)C(Cc1ccccc1)NC(=O)C(N)CCC(N)=O)C(=O)NC(Cc1ccccc1)C(=O)O. The highest BCUT2D eigenvalue weighted by Crippen LogP contribution is 2.09. The molecule has 0 radical (unpaired) electrons. The van der Waals surface area contributed by atoms with Crippen molar-refractivity contribution in [1.82, 2.24) is 16.0 Å². The highest BCUT2D eigenvalue weighted by Gasteiger charge is 2.30. The molecule has 8 N–H and O–H groups in total. The lowest BCUT2D eigenvalue weighted by Crippen LogP contribution is -2.58. The Kier molecular flexibility index (Phi) is 13.7. The Balaban J connectivity index is 2.19. The smallest absolute Gasteiger partial charge is 0.326 e. The fourth-order valence-electron chi connectivity index (χ4n) is 3.87. The molecule has 4 unspecified atom stereocenters. The van der Waals surface area contributed by atoms with Crippen molar-refractivity contribution in [2.45, 2.75) is 56.3 Å². The number of amides is 4. The van der Waals surface area contributed by atoms with Gasteiger partial charge in [-0.1, -0.05) is 60.7 Å². The number of nitrogens with two attached hydrogens (primary N) is 2. The second-order valence-corrected chi connectivity index (χ2v) is 10.3. The van der Waals surface area contributed by atoms with Crippen LogP contribution in [0.15, 0.2) is 60.7 Å². The Morgan fingerprint density at radius 2 is 1.23 bits per heavy atom. The van der Waals surface area contributed by atoms with Gasteiger partial charge >= 0.3 is 5.97 Å². The lowest BCUT2D eigenvalue weighted by molar-refractivity contribution is -0.142. The van der Waals surface area contributed by atoms with Crippen LogP contribution in [0.25, 0.3) is 0 Å². The zero-order valence-electron chi connectivity index (χ0n) is 22.4.